The van der Waals surface area contributed by atoms with Crippen molar-refractivity contribution in [3.63, 3.8) is 0 Å². The summed E-state index contributed by atoms with van der Waals surface area (Å²) in [5.74, 6) is 0.0530. The van der Waals surface area contributed by atoms with Crippen LogP contribution in [-0.4, -0.2) is 34.3 Å². The second-order valence-electron chi connectivity index (χ2n) is 4.45. The third-order valence-electron chi connectivity index (χ3n) is 2.92. The molecule has 0 fully saturated rings. The first-order valence-corrected chi connectivity index (χ1v) is 7.28. The number of carbonyl (C=O) groups is 1. The molecule has 6 nitrogen and oxygen atoms in total. The summed E-state index contributed by atoms with van der Waals surface area (Å²) in [6.07, 6.45) is 3.55. The van der Waals surface area contributed by atoms with Gasteiger partial charge in [-0.15, -0.1) is 5.10 Å². The Morgan fingerprint density at radius 2 is 2.24 bits per heavy atom. The lowest BCUT2D eigenvalue weighted by atomic mass is 10.2. The fourth-order valence-corrected chi connectivity index (χ4v) is 2.06. The first-order chi connectivity index (χ1) is 10.2. The molecule has 2 aromatic rings. The Balaban J connectivity index is 2.46. The third-order valence-corrected chi connectivity index (χ3v) is 3.20. The SMILES string of the molecule is CCCCNc1nc2cnnc(Cl)c2cc1C(=O)OCC. The maximum atomic E-state index is 12.1. The van der Waals surface area contributed by atoms with Crippen molar-refractivity contribution in [1.82, 2.24) is 15.2 Å². The molecular formula is C14H17ClN4O2. The van der Waals surface area contributed by atoms with Crippen molar-refractivity contribution in [3.05, 3.63) is 23.0 Å². The van der Waals surface area contributed by atoms with Crippen molar-refractivity contribution in [3.8, 4) is 0 Å². The van der Waals surface area contributed by atoms with Crippen LogP contribution in [0.5, 0.6) is 0 Å². The maximum Gasteiger partial charge on any atom is 0.341 e. The van der Waals surface area contributed by atoms with Gasteiger partial charge in [-0.25, -0.2) is 9.78 Å². The quantitative estimate of drug-likeness (QED) is 0.653. The van der Waals surface area contributed by atoms with Crippen LogP contribution in [0, 0.1) is 0 Å². The number of halogens is 1. The number of esters is 1. The zero-order valence-corrected chi connectivity index (χ0v) is 12.8. The van der Waals surface area contributed by atoms with Gasteiger partial charge in [-0.3, -0.25) is 0 Å². The van der Waals surface area contributed by atoms with Gasteiger partial charge in [0.2, 0.25) is 0 Å². The molecule has 0 aliphatic heterocycles. The molecule has 2 rings (SSSR count). The van der Waals surface area contributed by atoms with Crippen LogP contribution in [0.2, 0.25) is 5.15 Å². The molecule has 2 aromatic heterocycles. The van der Waals surface area contributed by atoms with E-state index in [2.05, 4.69) is 27.4 Å². The highest BCUT2D eigenvalue weighted by molar-refractivity contribution is 6.34. The Kier molecular flexibility index (Phi) is 5.27. The highest BCUT2D eigenvalue weighted by Gasteiger charge is 2.17. The average molecular weight is 309 g/mol. The molecule has 2 heterocycles. The highest BCUT2D eigenvalue weighted by Crippen LogP contribution is 2.25. The van der Waals surface area contributed by atoms with Crippen molar-refractivity contribution in [2.24, 2.45) is 0 Å². The van der Waals surface area contributed by atoms with Gasteiger partial charge in [-0.05, 0) is 19.4 Å². The summed E-state index contributed by atoms with van der Waals surface area (Å²) in [5, 5.41) is 11.5. The number of aromatic nitrogens is 3. The molecule has 0 bridgehead atoms. The van der Waals surface area contributed by atoms with Gasteiger partial charge in [-0.1, -0.05) is 24.9 Å². The molecule has 0 amide bonds. The topological polar surface area (TPSA) is 77.0 Å². The largest absolute Gasteiger partial charge is 0.462 e. The number of rotatable bonds is 6. The fraction of sp³-hybridized carbons (Fsp3) is 0.429. The van der Waals surface area contributed by atoms with Crippen LogP contribution < -0.4 is 5.32 Å². The van der Waals surface area contributed by atoms with Gasteiger partial charge >= 0.3 is 5.97 Å². The molecule has 0 spiro atoms. The van der Waals surface area contributed by atoms with E-state index in [0.29, 0.717) is 28.9 Å². The number of nitrogens with one attached hydrogen (secondary N) is 1. The fourth-order valence-electron chi connectivity index (χ4n) is 1.86. The minimum absolute atomic E-state index is 0.214. The van der Waals surface area contributed by atoms with Crippen LogP contribution in [0.25, 0.3) is 10.9 Å². The number of unbranched alkanes of at least 4 members (excludes halogenated alkanes) is 1. The van der Waals surface area contributed by atoms with Crippen LogP contribution in [0.4, 0.5) is 5.82 Å². The van der Waals surface area contributed by atoms with Crippen LogP contribution in [-0.2, 0) is 4.74 Å². The molecule has 7 heteroatoms. The number of ether oxygens (including phenoxy) is 1. The molecule has 21 heavy (non-hydrogen) atoms. The summed E-state index contributed by atoms with van der Waals surface area (Å²) in [6, 6.07) is 1.64. The summed E-state index contributed by atoms with van der Waals surface area (Å²) >= 11 is 6.00. The van der Waals surface area contributed by atoms with Crippen LogP contribution in [0.15, 0.2) is 12.3 Å². The van der Waals surface area contributed by atoms with Gasteiger partial charge in [0.1, 0.15) is 11.4 Å². The summed E-state index contributed by atoms with van der Waals surface area (Å²) in [7, 11) is 0. The molecule has 112 valence electrons. The average Bonchev–Trinajstić information content (AvgIpc) is 2.47. The molecule has 0 aliphatic carbocycles. The minimum Gasteiger partial charge on any atom is -0.462 e. The van der Waals surface area contributed by atoms with Gasteiger partial charge in [0, 0.05) is 11.9 Å². The Hall–Kier alpha value is -1.95. The summed E-state index contributed by atoms with van der Waals surface area (Å²) in [4.78, 5) is 16.5. The predicted octanol–water partition coefficient (Wildman–Crippen LogP) is 3.07. The van der Waals surface area contributed by atoms with E-state index in [1.807, 2.05) is 0 Å². The molecule has 0 aliphatic rings. The summed E-state index contributed by atoms with van der Waals surface area (Å²) in [6.45, 7) is 4.88. The van der Waals surface area contributed by atoms with Crippen molar-refractivity contribution >= 4 is 34.3 Å². The number of carbonyl (C=O) groups excluding carboxylic acids is 1. The maximum absolute atomic E-state index is 12.1. The lowest BCUT2D eigenvalue weighted by molar-refractivity contribution is 0.0527. The van der Waals surface area contributed by atoms with E-state index in [4.69, 9.17) is 16.3 Å². The second kappa shape index (κ2) is 7.17. The Morgan fingerprint density at radius 1 is 1.43 bits per heavy atom. The number of nitrogens with zero attached hydrogens (tertiary/aromatic N) is 3. The zero-order valence-electron chi connectivity index (χ0n) is 12.0. The van der Waals surface area contributed by atoms with Crippen LogP contribution >= 0.6 is 11.6 Å². The lowest BCUT2D eigenvalue weighted by Gasteiger charge is -2.11. The lowest BCUT2D eigenvalue weighted by Crippen LogP contribution is -2.12. The van der Waals surface area contributed by atoms with E-state index in [1.165, 1.54) is 6.20 Å². The van der Waals surface area contributed by atoms with Gasteiger partial charge < -0.3 is 10.1 Å². The van der Waals surface area contributed by atoms with Crippen molar-refractivity contribution in [1.29, 1.82) is 0 Å². The predicted molar refractivity (Wildman–Crippen MR) is 81.7 cm³/mol. The molecule has 0 saturated heterocycles. The number of hydrogen-bond donors (Lipinski definition) is 1. The van der Waals surface area contributed by atoms with E-state index >= 15 is 0 Å². The van der Waals surface area contributed by atoms with Gasteiger partial charge in [0.05, 0.1) is 18.3 Å². The normalized spacial score (nSPS) is 10.6. The Morgan fingerprint density at radius 3 is 2.95 bits per heavy atom. The van der Waals surface area contributed by atoms with Crippen LogP contribution in [0.1, 0.15) is 37.0 Å². The zero-order chi connectivity index (χ0) is 15.2. The number of hydrogen-bond acceptors (Lipinski definition) is 6. The van der Waals surface area contributed by atoms with E-state index in [-0.39, 0.29) is 5.15 Å². The Labute approximate surface area is 127 Å². The summed E-state index contributed by atoms with van der Waals surface area (Å²) < 4.78 is 5.07. The Bertz CT molecular complexity index is 648. The highest BCUT2D eigenvalue weighted by atomic mass is 35.5. The van der Waals surface area contributed by atoms with E-state index in [1.54, 1.807) is 13.0 Å². The second-order valence-corrected chi connectivity index (χ2v) is 4.81. The minimum atomic E-state index is -0.432. The number of fused-ring (bicyclic) bond motifs is 1. The first kappa shape index (κ1) is 15.4. The van der Waals surface area contributed by atoms with Gasteiger partial charge in [0.15, 0.2) is 5.15 Å². The van der Waals surface area contributed by atoms with Crippen molar-refractivity contribution in [2.45, 2.75) is 26.7 Å². The standard InChI is InChI=1S/C14H17ClN4O2/c1-3-5-6-16-13-10(14(20)21-4-2)7-9-11(18-13)8-17-19-12(9)15/h7-8H,3-6H2,1-2H3,(H,16,18). The smallest absolute Gasteiger partial charge is 0.341 e. The molecule has 0 aromatic carbocycles. The van der Waals surface area contributed by atoms with Gasteiger partial charge in [-0.2, -0.15) is 5.10 Å². The molecule has 0 saturated carbocycles. The monoisotopic (exact) mass is 308 g/mol. The molecule has 0 unspecified atom stereocenters. The molecule has 1 N–H and O–H groups in total. The van der Waals surface area contributed by atoms with Crippen LogP contribution in [0.3, 0.4) is 0 Å². The molecule has 0 atom stereocenters. The van der Waals surface area contributed by atoms with Crippen molar-refractivity contribution < 1.29 is 9.53 Å². The number of pyridine rings is 1. The van der Waals surface area contributed by atoms with Crippen molar-refractivity contribution in [2.75, 3.05) is 18.5 Å². The third kappa shape index (κ3) is 3.58. The molecule has 0 radical (unpaired) electrons. The van der Waals surface area contributed by atoms with E-state index in [0.717, 1.165) is 19.4 Å². The summed E-state index contributed by atoms with van der Waals surface area (Å²) in [5.41, 5.74) is 0.942. The first-order valence-electron chi connectivity index (χ1n) is 6.90. The van der Waals surface area contributed by atoms with Gasteiger partial charge in [0.25, 0.3) is 0 Å². The number of anilines is 1. The van der Waals surface area contributed by atoms with E-state index < -0.39 is 5.97 Å². The molecular weight excluding hydrogens is 292 g/mol. The van der Waals surface area contributed by atoms with E-state index in [9.17, 15) is 4.79 Å².